The average molecular weight is 946 g/mol. The Hall–Kier alpha value is -3.48. The minimum atomic E-state index is -1.61. The Bertz CT molecular complexity index is 1450. The fraction of sp³-hybridized carbons (Fsp3) is 0.851. The number of hydrogen-bond donors (Lipinski definition) is 7. The summed E-state index contributed by atoms with van der Waals surface area (Å²) < 4.78 is 31.5. The zero-order valence-electron chi connectivity index (χ0n) is 40.9. The number of aliphatic hydroxyl groups excluding tert-OH is 1. The summed E-state index contributed by atoms with van der Waals surface area (Å²) in [6.45, 7) is 7.60. The summed E-state index contributed by atoms with van der Waals surface area (Å²) in [4.78, 5) is 87.4. The second kappa shape index (κ2) is 35.7. The number of hydrogen-bond acceptors (Lipinski definition) is 13. The third kappa shape index (κ3) is 27.7. The summed E-state index contributed by atoms with van der Waals surface area (Å²) in [5, 5.41) is 25.6. The van der Waals surface area contributed by atoms with Crippen LogP contribution >= 0.6 is 12.6 Å². The van der Waals surface area contributed by atoms with Crippen molar-refractivity contribution in [1.82, 2.24) is 15.9 Å². The highest BCUT2D eigenvalue weighted by Crippen LogP contribution is 2.28. The number of aliphatic hydroxyl groups is 1. The van der Waals surface area contributed by atoms with Crippen LogP contribution in [0.3, 0.4) is 0 Å². The van der Waals surface area contributed by atoms with Gasteiger partial charge in [0.05, 0.1) is 12.5 Å². The molecule has 0 aromatic rings. The molecule has 4 amide bonds. The van der Waals surface area contributed by atoms with E-state index in [1.807, 2.05) is 0 Å². The number of esters is 2. The van der Waals surface area contributed by atoms with E-state index in [0.29, 0.717) is 18.2 Å². The predicted molar refractivity (Wildman–Crippen MR) is 250 cm³/mol. The molecule has 0 bridgehead atoms. The number of carboxylic acids is 1. The third-order valence-corrected chi connectivity index (χ3v) is 11.9. The van der Waals surface area contributed by atoms with Gasteiger partial charge in [-0.2, -0.15) is 0 Å². The van der Waals surface area contributed by atoms with Crippen LogP contribution in [0.1, 0.15) is 195 Å². The van der Waals surface area contributed by atoms with Crippen LogP contribution in [0.2, 0.25) is 1.41 Å². The topological polar surface area (TPSA) is 259 Å². The monoisotopic (exact) mass is 946 g/mol. The molecular weight excluding hydrogens is 861 g/mol. The standard InChI is InChI=1S/C47H84N4O13S/c1-6-8-10-12-14-16-17-19-21-23-25-27-39(55)63-35(26-24-22-20-18-15-13-11-9-7-2)30-40(56)61-31-37-42(57)43(41(47(65)64-37)50-34(5)52)62-33(4)46(60)49-32(3)45(59)51-36(44(48)58)28-29-38(53)54/h32-33,35-37,41-43,47,57,65H,6-31H2,1-5H3,(H2,48,58)(H,49,60)(H,50,52)(H,51,59)(H,53,54)/t32-,33+,35+,36-,37+,41+,42+,43+,47-/m0/s1/i/hD. The number of ether oxygens (including phenoxy) is 4. The van der Waals surface area contributed by atoms with Gasteiger partial charge in [0.25, 0.3) is 0 Å². The van der Waals surface area contributed by atoms with Crippen molar-refractivity contribution in [3.63, 3.8) is 0 Å². The van der Waals surface area contributed by atoms with Crippen molar-refractivity contribution in [3.8, 4) is 0 Å². The Morgan fingerprint density at radius 3 is 1.78 bits per heavy atom. The molecule has 0 spiro atoms. The van der Waals surface area contributed by atoms with Crippen LogP contribution in [0.5, 0.6) is 0 Å². The SMILES string of the molecule is [2H]N(C(=O)[C@@H](C)O[C@H]1[C@H](O)[C@@H](COC(=O)C[C@@H](CCCCCCCCCCC)OC(=O)CCCCCCCCCCCCC)O[C@@H](S)[C@@H]1NC(C)=O)[C@@H](C)C(=O)N[C@@H](CCC(=O)O)C(N)=O. The second-order valence-electron chi connectivity index (χ2n) is 17.5. The molecule has 65 heavy (non-hydrogen) atoms. The summed E-state index contributed by atoms with van der Waals surface area (Å²) in [5.41, 5.74) is 4.17. The Morgan fingerprint density at radius 1 is 0.754 bits per heavy atom. The van der Waals surface area contributed by atoms with E-state index in [4.69, 9.17) is 31.2 Å². The molecule has 0 aromatic carbocycles. The van der Waals surface area contributed by atoms with Gasteiger partial charge in [0.15, 0.2) is 1.41 Å². The van der Waals surface area contributed by atoms with Gasteiger partial charge in [-0.1, -0.05) is 129 Å². The number of nitrogens with two attached hydrogens (primary N) is 1. The number of carbonyl (C=O) groups excluding carboxylic acids is 6. The van der Waals surface area contributed by atoms with Crippen molar-refractivity contribution in [3.05, 3.63) is 0 Å². The lowest BCUT2D eigenvalue weighted by Gasteiger charge is -2.43. The van der Waals surface area contributed by atoms with E-state index in [1.165, 1.54) is 97.8 Å². The van der Waals surface area contributed by atoms with Crippen molar-refractivity contribution in [1.29, 1.82) is 0 Å². The van der Waals surface area contributed by atoms with Crippen molar-refractivity contribution >= 4 is 54.2 Å². The highest BCUT2D eigenvalue weighted by atomic mass is 32.1. The number of carbonyl (C=O) groups is 7. The van der Waals surface area contributed by atoms with Crippen molar-refractivity contribution in [2.75, 3.05) is 6.61 Å². The fourth-order valence-electron chi connectivity index (χ4n) is 7.60. The van der Waals surface area contributed by atoms with Crippen molar-refractivity contribution in [2.24, 2.45) is 5.73 Å². The Labute approximate surface area is 394 Å². The third-order valence-electron chi connectivity index (χ3n) is 11.5. The summed E-state index contributed by atoms with van der Waals surface area (Å²) in [5.74, 6) is -5.82. The van der Waals surface area contributed by atoms with Gasteiger partial charge in [0, 0.05) is 19.8 Å². The first-order valence-electron chi connectivity index (χ1n) is 24.8. The predicted octanol–water partition coefficient (Wildman–Crippen LogP) is 6.09. The molecule has 1 rings (SSSR count). The van der Waals surface area contributed by atoms with E-state index in [-0.39, 0.29) is 25.2 Å². The largest absolute Gasteiger partial charge is 0.481 e. The number of nitrogens with one attached hydrogen (secondary N) is 3. The lowest BCUT2D eigenvalue weighted by molar-refractivity contribution is -0.204. The highest BCUT2D eigenvalue weighted by Gasteiger charge is 2.47. The Balaban J connectivity index is 2.91. The second-order valence-corrected chi connectivity index (χ2v) is 18.0. The quantitative estimate of drug-likeness (QED) is 0.0210. The van der Waals surface area contributed by atoms with Crippen LogP contribution < -0.4 is 21.7 Å². The molecule has 0 aliphatic carbocycles. The van der Waals surface area contributed by atoms with Crippen molar-refractivity contribution in [2.45, 2.75) is 249 Å². The number of carboxylic acid groups (broad SMARTS) is 1. The number of amides is 4. The maximum Gasteiger partial charge on any atom is 0.309 e. The van der Waals surface area contributed by atoms with E-state index >= 15 is 0 Å². The molecule has 0 unspecified atom stereocenters. The van der Waals surface area contributed by atoms with Crippen LogP contribution in [-0.2, 0) is 52.5 Å². The molecule has 17 nitrogen and oxygen atoms in total. The Kier molecular flexibility index (Phi) is 31.6. The van der Waals surface area contributed by atoms with Crippen LogP contribution in [0, 0.1) is 0 Å². The normalized spacial score (nSPS) is 20.4. The van der Waals surface area contributed by atoms with Gasteiger partial charge in [-0.15, -0.1) is 12.6 Å². The van der Waals surface area contributed by atoms with Crippen molar-refractivity contribution < 1.29 is 64.1 Å². The van der Waals surface area contributed by atoms with E-state index in [1.54, 1.807) is 0 Å². The first kappa shape index (κ1) is 57.6. The van der Waals surface area contributed by atoms with Gasteiger partial charge in [-0.3, -0.25) is 33.6 Å². The highest BCUT2D eigenvalue weighted by molar-refractivity contribution is 7.80. The summed E-state index contributed by atoms with van der Waals surface area (Å²) in [6.07, 6.45) is 16.0. The number of unbranched alkanes of at least 4 members (excludes halogenated alkanes) is 18. The number of aliphatic carboxylic acids is 1. The van der Waals surface area contributed by atoms with Gasteiger partial charge in [0.1, 0.15) is 54.6 Å². The molecule has 7 N–H and O–H groups in total. The zero-order valence-corrected chi connectivity index (χ0v) is 40.8. The molecule has 376 valence electrons. The van der Waals surface area contributed by atoms with Gasteiger partial charge in [0.2, 0.25) is 23.6 Å². The maximum atomic E-state index is 13.4. The molecule has 0 saturated carbocycles. The van der Waals surface area contributed by atoms with E-state index in [0.717, 1.165) is 44.9 Å². The molecule has 9 atom stereocenters. The van der Waals surface area contributed by atoms with Gasteiger partial charge in [-0.25, -0.2) is 0 Å². The summed E-state index contributed by atoms with van der Waals surface area (Å²) in [6, 6.07) is -4.00. The van der Waals surface area contributed by atoms with Crippen LogP contribution in [0.4, 0.5) is 0 Å². The van der Waals surface area contributed by atoms with Gasteiger partial charge in [-0.05, 0) is 39.5 Å². The van der Waals surface area contributed by atoms with E-state index in [2.05, 4.69) is 37.1 Å². The molecule has 1 aliphatic rings. The van der Waals surface area contributed by atoms with Crippen LogP contribution in [0.15, 0.2) is 0 Å². The van der Waals surface area contributed by atoms with Gasteiger partial charge >= 0.3 is 17.9 Å². The number of primary amides is 1. The molecule has 1 heterocycles. The lowest BCUT2D eigenvalue weighted by atomic mass is 9.97. The molecule has 18 heteroatoms. The first-order chi connectivity index (χ1) is 31.4. The molecule has 1 fully saturated rings. The number of thiol groups is 1. The van der Waals surface area contributed by atoms with E-state index in [9.17, 15) is 38.7 Å². The van der Waals surface area contributed by atoms with Crippen LogP contribution in [0.25, 0.3) is 0 Å². The summed E-state index contributed by atoms with van der Waals surface area (Å²) in [7, 11) is 0. The maximum absolute atomic E-state index is 13.4. The number of rotatable bonds is 38. The first-order valence-corrected chi connectivity index (χ1v) is 24.9. The molecule has 0 radical (unpaired) electrons. The van der Waals surface area contributed by atoms with Crippen LogP contribution in [-0.4, -0.2) is 112 Å². The molecule has 1 saturated heterocycles. The fourth-order valence-corrected chi connectivity index (χ4v) is 8.00. The minimum absolute atomic E-state index is 0.209. The smallest absolute Gasteiger partial charge is 0.309 e. The Morgan fingerprint density at radius 2 is 1.28 bits per heavy atom. The van der Waals surface area contributed by atoms with Gasteiger partial charge < -0.3 is 50.8 Å². The summed E-state index contributed by atoms with van der Waals surface area (Å²) >= 11 is 4.45. The molecule has 1 aliphatic heterocycles. The average Bonchev–Trinajstić information content (AvgIpc) is 3.26. The lowest BCUT2D eigenvalue weighted by Crippen LogP contribution is -2.64. The van der Waals surface area contributed by atoms with E-state index < -0.39 is 103 Å². The minimum Gasteiger partial charge on any atom is -0.481 e. The molecular formula is C47H84N4O13S. The molecule has 0 aromatic heterocycles. The zero-order chi connectivity index (χ0) is 49.4.